The minimum atomic E-state index is -0.296. The summed E-state index contributed by atoms with van der Waals surface area (Å²) < 4.78 is 6.03. The number of hydrogen-bond acceptors (Lipinski definition) is 4. The van der Waals surface area contributed by atoms with Crippen molar-refractivity contribution < 1.29 is 14.6 Å². The van der Waals surface area contributed by atoms with Crippen molar-refractivity contribution in [3.05, 3.63) is 29.3 Å². The molecule has 1 aromatic rings. The first-order valence-electron chi connectivity index (χ1n) is 11.0. The molecule has 0 aliphatic heterocycles. The van der Waals surface area contributed by atoms with Crippen LogP contribution in [-0.2, 0) is 16.6 Å². The molecule has 1 fully saturated rings. The molecule has 0 radical (unpaired) electrons. The molecule has 1 saturated carbocycles. The van der Waals surface area contributed by atoms with Crippen LogP contribution in [0.3, 0.4) is 0 Å². The van der Waals surface area contributed by atoms with Gasteiger partial charge < -0.3 is 15.2 Å². The quantitative estimate of drug-likeness (QED) is 0.675. The van der Waals surface area contributed by atoms with Gasteiger partial charge in [0.2, 0.25) is 0 Å². The second-order valence-corrected chi connectivity index (χ2v) is 11.0. The summed E-state index contributed by atoms with van der Waals surface area (Å²) in [5.41, 5.74) is 2.06. The summed E-state index contributed by atoms with van der Waals surface area (Å²) in [7, 11) is 0. The number of carbonyl (C=O) groups excluding carboxylic acids is 1. The van der Waals surface area contributed by atoms with E-state index in [9.17, 15) is 9.90 Å². The third-order valence-corrected chi connectivity index (χ3v) is 8.20. The summed E-state index contributed by atoms with van der Waals surface area (Å²) in [5, 5.41) is 13.5. The maximum Gasteiger partial charge on any atom is 0.407 e. The van der Waals surface area contributed by atoms with Gasteiger partial charge in [0, 0.05) is 10.7 Å². The lowest BCUT2D eigenvalue weighted by Gasteiger charge is -2.45. The van der Waals surface area contributed by atoms with E-state index in [0.29, 0.717) is 17.8 Å². The third-order valence-electron chi connectivity index (χ3n) is 7.15. The van der Waals surface area contributed by atoms with Gasteiger partial charge in [-0.3, -0.25) is 0 Å². The van der Waals surface area contributed by atoms with Crippen LogP contribution in [0.5, 0.6) is 5.75 Å². The second-order valence-electron chi connectivity index (χ2n) is 9.93. The number of thioether (sulfide) groups is 1. The van der Waals surface area contributed by atoms with Gasteiger partial charge in [-0.2, -0.15) is 11.8 Å². The zero-order valence-corrected chi connectivity index (χ0v) is 19.5. The van der Waals surface area contributed by atoms with Gasteiger partial charge in [0.15, 0.2) is 0 Å². The van der Waals surface area contributed by atoms with Gasteiger partial charge >= 0.3 is 6.09 Å². The first-order valence-corrected chi connectivity index (χ1v) is 12.2. The van der Waals surface area contributed by atoms with E-state index >= 15 is 0 Å². The maximum atomic E-state index is 13.0. The van der Waals surface area contributed by atoms with Gasteiger partial charge in [0.25, 0.3) is 0 Å². The van der Waals surface area contributed by atoms with E-state index in [4.69, 9.17) is 4.74 Å². The molecule has 3 rings (SSSR count). The highest BCUT2D eigenvalue weighted by atomic mass is 32.2. The highest BCUT2D eigenvalue weighted by molar-refractivity contribution is 7.99. The van der Waals surface area contributed by atoms with Crippen molar-refractivity contribution in [1.29, 1.82) is 0 Å². The molecular weight excluding hydrogens is 382 g/mol. The fourth-order valence-electron chi connectivity index (χ4n) is 5.35. The first-order chi connectivity index (χ1) is 13.6. The van der Waals surface area contributed by atoms with E-state index in [1.807, 2.05) is 12.1 Å². The van der Waals surface area contributed by atoms with E-state index < -0.39 is 0 Å². The Morgan fingerprint density at radius 1 is 1.31 bits per heavy atom. The Hall–Kier alpha value is -1.36. The monoisotopic (exact) mass is 419 g/mol. The van der Waals surface area contributed by atoms with Crippen molar-refractivity contribution in [3.8, 4) is 5.75 Å². The van der Waals surface area contributed by atoms with E-state index in [0.717, 1.165) is 24.8 Å². The summed E-state index contributed by atoms with van der Waals surface area (Å²) in [4.78, 5) is 13.0. The Balaban J connectivity index is 1.77. The SMILES string of the molecule is CS[C@@H]1Cc2ccc(O)cc2C(C)(C)[C@H]1NC(=O)O[C@@H]1C[C@H](C)CCC1C(C)C. The van der Waals surface area contributed by atoms with Crippen LogP contribution in [0, 0.1) is 17.8 Å². The molecule has 2 aliphatic carbocycles. The number of carbonyl (C=O) groups is 1. The van der Waals surface area contributed by atoms with E-state index in [-0.39, 0.29) is 34.7 Å². The van der Waals surface area contributed by atoms with Gasteiger partial charge in [-0.25, -0.2) is 4.79 Å². The average molecular weight is 420 g/mol. The Bertz CT molecular complexity index is 733. The van der Waals surface area contributed by atoms with Crippen LogP contribution in [-0.4, -0.2) is 34.9 Å². The molecule has 1 aromatic carbocycles. The van der Waals surface area contributed by atoms with Crippen molar-refractivity contribution in [2.75, 3.05) is 6.26 Å². The summed E-state index contributed by atoms with van der Waals surface area (Å²) in [6.45, 7) is 11.0. The summed E-state index contributed by atoms with van der Waals surface area (Å²) in [6.07, 6.45) is 5.97. The molecule has 0 aromatic heterocycles. The summed E-state index contributed by atoms with van der Waals surface area (Å²) in [6, 6.07) is 5.56. The molecule has 0 heterocycles. The predicted octanol–water partition coefficient (Wildman–Crippen LogP) is 5.51. The topological polar surface area (TPSA) is 58.6 Å². The highest BCUT2D eigenvalue weighted by Crippen LogP contribution is 2.42. The van der Waals surface area contributed by atoms with Crippen LogP contribution in [0.15, 0.2) is 18.2 Å². The molecule has 162 valence electrons. The fraction of sp³-hybridized carbons (Fsp3) is 0.708. The van der Waals surface area contributed by atoms with E-state index in [1.54, 1.807) is 17.8 Å². The number of alkyl carbamates (subject to hydrolysis) is 1. The molecule has 1 amide bonds. The van der Waals surface area contributed by atoms with Crippen LogP contribution >= 0.6 is 11.8 Å². The lowest BCUT2D eigenvalue weighted by molar-refractivity contribution is 0.00369. The van der Waals surface area contributed by atoms with Crippen LogP contribution in [0.4, 0.5) is 4.79 Å². The molecule has 29 heavy (non-hydrogen) atoms. The molecule has 5 heteroatoms. The normalized spacial score (nSPS) is 31.2. The molecule has 5 atom stereocenters. The summed E-state index contributed by atoms with van der Waals surface area (Å²) in [5.74, 6) is 1.82. The van der Waals surface area contributed by atoms with Crippen molar-refractivity contribution in [1.82, 2.24) is 5.32 Å². The van der Waals surface area contributed by atoms with Gasteiger partial charge in [-0.05, 0) is 66.5 Å². The molecule has 0 bridgehead atoms. The smallest absolute Gasteiger partial charge is 0.407 e. The number of phenols is 1. The van der Waals surface area contributed by atoms with E-state index in [1.165, 1.54) is 12.0 Å². The van der Waals surface area contributed by atoms with Crippen LogP contribution in [0.25, 0.3) is 0 Å². The maximum absolute atomic E-state index is 13.0. The van der Waals surface area contributed by atoms with Crippen molar-refractivity contribution in [3.63, 3.8) is 0 Å². The number of phenolic OH excluding ortho intramolecular Hbond substituents is 1. The Labute approximate surface area is 180 Å². The molecule has 2 N–H and O–H groups in total. The largest absolute Gasteiger partial charge is 0.508 e. The molecule has 1 unspecified atom stereocenters. The minimum Gasteiger partial charge on any atom is -0.508 e. The van der Waals surface area contributed by atoms with Gasteiger partial charge in [-0.15, -0.1) is 0 Å². The third kappa shape index (κ3) is 4.70. The number of aromatic hydroxyl groups is 1. The zero-order valence-electron chi connectivity index (χ0n) is 18.7. The molecule has 4 nitrogen and oxygen atoms in total. The number of hydrogen-bond donors (Lipinski definition) is 2. The predicted molar refractivity (Wildman–Crippen MR) is 121 cm³/mol. The van der Waals surface area contributed by atoms with Crippen molar-refractivity contribution in [2.24, 2.45) is 17.8 Å². The molecule has 0 spiro atoms. The fourth-order valence-corrected chi connectivity index (χ4v) is 6.38. The lowest BCUT2D eigenvalue weighted by atomic mass is 9.69. The van der Waals surface area contributed by atoms with Gasteiger partial charge in [0.05, 0.1) is 6.04 Å². The van der Waals surface area contributed by atoms with Crippen molar-refractivity contribution >= 4 is 17.9 Å². The Morgan fingerprint density at radius 2 is 2.03 bits per heavy atom. The zero-order chi connectivity index (χ0) is 21.3. The van der Waals surface area contributed by atoms with E-state index in [2.05, 4.69) is 46.2 Å². The number of benzene rings is 1. The van der Waals surface area contributed by atoms with Gasteiger partial charge in [-0.1, -0.05) is 47.1 Å². The van der Waals surface area contributed by atoms with Gasteiger partial charge in [0.1, 0.15) is 11.9 Å². The Kier molecular flexibility index (Phi) is 6.77. The molecular formula is C24H37NO3S. The number of ether oxygens (including phenoxy) is 1. The standard InChI is InChI=1S/C24H37NO3S/c1-14(2)18-10-7-15(3)11-20(18)28-23(27)25-22-21(29-6)12-16-8-9-17(26)13-19(16)24(22,4)5/h8-9,13-15,18,20-22,26H,7,10-12H2,1-6H3,(H,25,27)/t15-,18?,20-,21-,22+/m1/s1. The second kappa shape index (κ2) is 8.79. The molecule has 2 aliphatic rings. The molecule has 0 saturated heterocycles. The highest BCUT2D eigenvalue weighted by Gasteiger charge is 2.44. The van der Waals surface area contributed by atoms with Crippen LogP contribution < -0.4 is 5.32 Å². The first kappa shape index (κ1) is 22.3. The number of amides is 1. The number of fused-ring (bicyclic) bond motifs is 1. The minimum absolute atomic E-state index is 0.00508. The van der Waals surface area contributed by atoms with Crippen LogP contribution in [0.2, 0.25) is 0 Å². The summed E-state index contributed by atoms with van der Waals surface area (Å²) >= 11 is 1.79. The average Bonchev–Trinajstić information content (AvgIpc) is 2.64. The number of rotatable bonds is 4. The Morgan fingerprint density at radius 3 is 2.69 bits per heavy atom. The van der Waals surface area contributed by atoms with Crippen molar-refractivity contribution in [2.45, 2.75) is 83.1 Å². The lowest BCUT2D eigenvalue weighted by Crippen LogP contribution is -2.57. The van der Waals surface area contributed by atoms with Crippen LogP contribution in [0.1, 0.15) is 65.0 Å². The number of nitrogens with one attached hydrogen (secondary N) is 1.